The maximum Gasteiger partial charge on any atom is 0.320 e. The Bertz CT molecular complexity index is 358. The average molecular weight is 206 g/mol. The highest BCUT2D eigenvalue weighted by atomic mass is 16.5. The van der Waals surface area contributed by atoms with E-state index >= 15 is 0 Å². The van der Waals surface area contributed by atoms with Crippen molar-refractivity contribution < 1.29 is 14.3 Å². The third-order valence-electron chi connectivity index (χ3n) is 2.08. The molecule has 80 valence electrons. The van der Waals surface area contributed by atoms with Gasteiger partial charge in [0.15, 0.2) is 0 Å². The number of hydrogen-bond acceptors (Lipinski definition) is 3. The molecule has 0 aromatic heterocycles. The van der Waals surface area contributed by atoms with Crippen LogP contribution < -0.4 is 0 Å². The summed E-state index contributed by atoms with van der Waals surface area (Å²) >= 11 is 0. The maximum atomic E-state index is 11.4. The van der Waals surface area contributed by atoms with Crippen molar-refractivity contribution in [3.05, 3.63) is 35.4 Å². The molecule has 0 aliphatic carbocycles. The first-order valence-corrected chi connectivity index (χ1v) is 4.87. The number of aryl methyl sites for hydroxylation is 1. The molecule has 1 atom stereocenters. The fourth-order valence-electron chi connectivity index (χ4n) is 1.37. The molecule has 0 heterocycles. The first kappa shape index (κ1) is 11.4. The van der Waals surface area contributed by atoms with Crippen LogP contribution in [0.4, 0.5) is 0 Å². The minimum atomic E-state index is -0.801. The van der Waals surface area contributed by atoms with Crippen molar-refractivity contribution in [3.8, 4) is 0 Å². The number of aldehydes is 1. The lowest BCUT2D eigenvalue weighted by molar-refractivity contribution is -0.146. The Hall–Kier alpha value is -1.64. The zero-order valence-corrected chi connectivity index (χ0v) is 8.90. The van der Waals surface area contributed by atoms with Gasteiger partial charge in [-0.25, -0.2) is 0 Å². The molecule has 3 nitrogen and oxygen atoms in total. The van der Waals surface area contributed by atoms with Crippen molar-refractivity contribution in [1.82, 2.24) is 0 Å². The van der Waals surface area contributed by atoms with E-state index in [2.05, 4.69) is 0 Å². The predicted octanol–water partition coefficient (Wildman–Crippen LogP) is 1.84. The molecule has 1 rings (SSSR count). The van der Waals surface area contributed by atoms with E-state index in [1.165, 1.54) is 0 Å². The molecule has 0 bridgehead atoms. The second-order valence-electron chi connectivity index (χ2n) is 3.28. The Morgan fingerprint density at radius 1 is 1.53 bits per heavy atom. The molecule has 0 radical (unpaired) electrons. The molecule has 0 spiro atoms. The summed E-state index contributed by atoms with van der Waals surface area (Å²) < 4.78 is 4.82. The molecule has 1 aromatic rings. The first-order valence-electron chi connectivity index (χ1n) is 4.87. The van der Waals surface area contributed by atoms with Crippen LogP contribution in [0.1, 0.15) is 24.0 Å². The molecule has 0 aliphatic heterocycles. The lowest BCUT2D eigenvalue weighted by Gasteiger charge is -2.09. The van der Waals surface area contributed by atoms with Crippen LogP contribution >= 0.6 is 0 Å². The molecule has 15 heavy (non-hydrogen) atoms. The van der Waals surface area contributed by atoms with Gasteiger partial charge in [-0.2, -0.15) is 0 Å². The normalized spacial score (nSPS) is 11.9. The minimum absolute atomic E-state index is 0.287. The summed E-state index contributed by atoms with van der Waals surface area (Å²) in [6.07, 6.45) is 0.618. The first-order chi connectivity index (χ1) is 7.19. The summed E-state index contributed by atoms with van der Waals surface area (Å²) in [6.45, 7) is 3.92. The van der Waals surface area contributed by atoms with Crippen molar-refractivity contribution in [2.24, 2.45) is 0 Å². The molecule has 0 saturated heterocycles. The number of rotatable bonds is 4. The van der Waals surface area contributed by atoms with Gasteiger partial charge in [-0.15, -0.1) is 0 Å². The van der Waals surface area contributed by atoms with E-state index in [0.29, 0.717) is 11.8 Å². The van der Waals surface area contributed by atoms with Gasteiger partial charge in [0.25, 0.3) is 0 Å². The van der Waals surface area contributed by atoms with Crippen LogP contribution in [0.25, 0.3) is 0 Å². The number of carbonyl (C=O) groups is 2. The van der Waals surface area contributed by atoms with E-state index in [1.54, 1.807) is 13.0 Å². The van der Waals surface area contributed by atoms with Gasteiger partial charge >= 0.3 is 5.97 Å². The molecular formula is C12H14O3. The van der Waals surface area contributed by atoms with E-state index < -0.39 is 11.9 Å². The van der Waals surface area contributed by atoms with Crippen LogP contribution in [0.3, 0.4) is 0 Å². The second kappa shape index (κ2) is 5.29. The molecule has 3 heteroatoms. The van der Waals surface area contributed by atoms with E-state index in [1.807, 2.05) is 25.1 Å². The third kappa shape index (κ3) is 2.91. The van der Waals surface area contributed by atoms with Crippen LogP contribution in [0.15, 0.2) is 24.3 Å². The lowest BCUT2D eigenvalue weighted by Crippen LogP contribution is -2.17. The van der Waals surface area contributed by atoms with E-state index in [-0.39, 0.29) is 6.61 Å². The molecule has 1 unspecified atom stereocenters. The maximum absolute atomic E-state index is 11.4. The minimum Gasteiger partial charge on any atom is -0.465 e. The monoisotopic (exact) mass is 206 g/mol. The van der Waals surface area contributed by atoms with Crippen LogP contribution in [0.5, 0.6) is 0 Å². The summed E-state index contributed by atoms with van der Waals surface area (Å²) in [6, 6.07) is 7.30. The Morgan fingerprint density at radius 2 is 2.27 bits per heavy atom. The zero-order chi connectivity index (χ0) is 11.3. The highest BCUT2D eigenvalue weighted by molar-refractivity contribution is 5.94. The van der Waals surface area contributed by atoms with Gasteiger partial charge in [0.1, 0.15) is 12.2 Å². The lowest BCUT2D eigenvalue weighted by atomic mass is 9.99. The standard InChI is InChI=1S/C12H14O3/c1-3-15-12(14)11(8-13)10-6-4-5-9(2)7-10/h4-8,11H,3H2,1-2H3. The van der Waals surface area contributed by atoms with Crippen molar-refractivity contribution in [3.63, 3.8) is 0 Å². The van der Waals surface area contributed by atoms with Crippen LogP contribution in [-0.4, -0.2) is 18.9 Å². The summed E-state index contributed by atoms with van der Waals surface area (Å²) in [5, 5.41) is 0. The van der Waals surface area contributed by atoms with E-state index in [4.69, 9.17) is 4.74 Å². The van der Waals surface area contributed by atoms with E-state index in [9.17, 15) is 9.59 Å². The van der Waals surface area contributed by atoms with Gasteiger partial charge in [-0.1, -0.05) is 29.8 Å². The molecule has 0 fully saturated rings. The number of hydrogen-bond donors (Lipinski definition) is 0. The summed E-state index contributed by atoms with van der Waals surface area (Å²) in [7, 11) is 0. The van der Waals surface area contributed by atoms with Crippen LogP contribution in [0, 0.1) is 6.92 Å². The van der Waals surface area contributed by atoms with Gasteiger partial charge in [-0.3, -0.25) is 4.79 Å². The SMILES string of the molecule is CCOC(=O)C(C=O)c1cccc(C)c1. The van der Waals surface area contributed by atoms with Crippen molar-refractivity contribution >= 4 is 12.3 Å². The Balaban J connectivity index is 2.92. The fourth-order valence-corrected chi connectivity index (χ4v) is 1.37. The topological polar surface area (TPSA) is 43.4 Å². The summed E-state index contributed by atoms with van der Waals surface area (Å²) in [4.78, 5) is 22.3. The fraction of sp³-hybridized carbons (Fsp3) is 0.333. The number of ether oxygens (including phenoxy) is 1. The zero-order valence-electron chi connectivity index (χ0n) is 8.90. The van der Waals surface area contributed by atoms with Crippen molar-refractivity contribution in [2.75, 3.05) is 6.61 Å². The Kier molecular flexibility index (Phi) is 4.03. The van der Waals surface area contributed by atoms with Crippen molar-refractivity contribution in [1.29, 1.82) is 0 Å². The van der Waals surface area contributed by atoms with E-state index in [0.717, 1.165) is 5.56 Å². The Labute approximate surface area is 89.1 Å². The molecule has 0 N–H and O–H groups in total. The second-order valence-corrected chi connectivity index (χ2v) is 3.28. The van der Waals surface area contributed by atoms with Gasteiger partial charge in [0.05, 0.1) is 6.61 Å². The van der Waals surface area contributed by atoms with Crippen LogP contribution in [0.2, 0.25) is 0 Å². The summed E-state index contributed by atoms with van der Waals surface area (Å²) in [5.41, 5.74) is 1.70. The quantitative estimate of drug-likeness (QED) is 0.429. The van der Waals surface area contributed by atoms with Crippen molar-refractivity contribution in [2.45, 2.75) is 19.8 Å². The largest absolute Gasteiger partial charge is 0.465 e. The molecular weight excluding hydrogens is 192 g/mol. The number of esters is 1. The third-order valence-corrected chi connectivity index (χ3v) is 2.08. The van der Waals surface area contributed by atoms with Gasteiger partial charge in [-0.05, 0) is 19.4 Å². The highest BCUT2D eigenvalue weighted by Crippen LogP contribution is 2.16. The molecule has 1 aromatic carbocycles. The van der Waals surface area contributed by atoms with Gasteiger partial charge < -0.3 is 9.53 Å². The smallest absolute Gasteiger partial charge is 0.320 e. The molecule has 0 aliphatic rings. The highest BCUT2D eigenvalue weighted by Gasteiger charge is 2.20. The average Bonchev–Trinajstić information content (AvgIpc) is 2.19. The van der Waals surface area contributed by atoms with Crippen LogP contribution in [-0.2, 0) is 14.3 Å². The van der Waals surface area contributed by atoms with Gasteiger partial charge in [0.2, 0.25) is 0 Å². The molecule has 0 amide bonds. The predicted molar refractivity (Wildman–Crippen MR) is 56.6 cm³/mol. The Morgan fingerprint density at radius 3 is 2.80 bits per heavy atom. The van der Waals surface area contributed by atoms with Gasteiger partial charge in [0, 0.05) is 0 Å². The number of carbonyl (C=O) groups excluding carboxylic acids is 2. The number of benzene rings is 1. The summed E-state index contributed by atoms with van der Waals surface area (Å²) in [5.74, 6) is -1.29. The molecule has 0 saturated carbocycles.